The lowest BCUT2D eigenvalue weighted by atomic mass is 9.99. The highest BCUT2D eigenvalue weighted by Crippen LogP contribution is 2.34. The Hall–Kier alpha value is -0.710. The maximum Gasteiger partial charge on any atom is 0.191 e. The van der Waals surface area contributed by atoms with Gasteiger partial charge in [-0.05, 0) is 57.6 Å². The zero-order valence-electron chi connectivity index (χ0n) is 17.9. The molecule has 1 aliphatic heterocycles. The van der Waals surface area contributed by atoms with Gasteiger partial charge in [0.15, 0.2) is 5.96 Å². The summed E-state index contributed by atoms with van der Waals surface area (Å²) in [5.41, 5.74) is 0.825. The van der Waals surface area contributed by atoms with E-state index in [1.165, 1.54) is 0 Å². The van der Waals surface area contributed by atoms with Gasteiger partial charge in [-0.3, -0.25) is 4.99 Å². The van der Waals surface area contributed by atoms with Crippen LogP contribution in [0.3, 0.4) is 0 Å². The summed E-state index contributed by atoms with van der Waals surface area (Å²) in [4.78, 5) is 4.78. The van der Waals surface area contributed by atoms with Crippen molar-refractivity contribution < 1.29 is 14.6 Å². The van der Waals surface area contributed by atoms with Gasteiger partial charge in [0.25, 0.3) is 0 Å². The molecule has 1 aromatic rings. The van der Waals surface area contributed by atoms with Crippen molar-refractivity contribution in [3.05, 3.63) is 29.8 Å². The molecule has 0 spiro atoms. The smallest absolute Gasteiger partial charge is 0.191 e. The van der Waals surface area contributed by atoms with Gasteiger partial charge in [0.1, 0.15) is 5.75 Å². The molecule has 0 amide bonds. The summed E-state index contributed by atoms with van der Waals surface area (Å²) in [5.74, 6) is 1.50. The average Bonchev–Trinajstić information content (AvgIpc) is 2.70. The Morgan fingerprint density at radius 1 is 1.31 bits per heavy atom. The first-order chi connectivity index (χ1) is 13.5. The largest absolute Gasteiger partial charge is 0.491 e. The first kappa shape index (κ1) is 26.3. The summed E-state index contributed by atoms with van der Waals surface area (Å²) in [6.45, 7) is 9.51. The van der Waals surface area contributed by atoms with Crippen LogP contribution in [-0.4, -0.2) is 61.0 Å². The SMILES string of the molecule is CCNC(=NCC1(SC)CCOCC1)NCC(O)c1cccc(OC(C)C)c1.I. The zero-order valence-corrected chi connectivity index (χ0v) is 21.1. The van der Waals surface area contributed by atoms with Crippen molar-refractivity contribution in [1.82, 2.24) is 10.6 Å². The van der Waals surface area contributed by atoms with Crippen LogP contribution in [0.25, 0.3) is 0 Å². The maximum atomic E-state index is 10.6. The molecular formula is C21H36IN3O3S. The summed E-state index contributed by atoms with van der Waals surface area (Å²) in [5, 5.41) is 17.1. The molecule has 6 nitrogen and oxygen atoms in total. The molecular weight excluding hydrogens is 501 g/mol. The minimum atomic E-state index is -0.642. The van der Waals surface area contributed by atoms with E-state index in [0.717, 1.165) is 56.4 Å². The summed E-state index contributed by atoms with van der Waals surface area (Å²) in [6.07, 6.45) is 3.64. The van der Waals surface area contributed by atoms with Crippen LogP contribution in [0, 0.1) is 0 Å². The van der Waals surface area contributed by atoms with Crippen molar-refractivity contribution in [3.63, 3.8) is 0 Å². The van der Waals surface area contributed by atoms with E-state index in [1.807, 2.05) is 56.8 Å². The molecule has 0 aromatic heterocycles. The molecule has 1 aliphatic rings. The number of ether oxygens (including phenoxy) is 2. The summed E-state index contributed by atoms with van der Waals surface area (Å²) < 4.78 is 11.4. The highest BCUT2D eigenvalue weighted by atomic mass is 127. The molecule has 3 N–H and O–H groups in total. The molecule has 1 aromatic carbocycles. The minimum absolute atomic E-state index is 0. The first-order valence-electron chi connectivity index (χ1n) is 10.1. The van der Waals surface area contributed by atoms with Gasteiger partial charge in [-0.2, -0.15) is 11.8 Å². The number of aliphatic hydroxyl groups excluding tert-OH is 1. The standard InChI is InChI=1S/C21H35N3O3S.HI/c1-5-22-20(24-15-21(28-4)9-11-26-12-10-21)23-14-19(25)17-7-6-8-18(13-17)27-16(2)3;/h6-8,13,16,19,25H,5,9-12,14-15H2,1-4H3,(H2,22,23,24);1H. The van der Waals surface area contributed by atoms with Crippen molar-refractivity contribution in [3.8, 4) is 5.75 Å². The van der Waals surface area contributed by atoms with E-state index in [-0.39, 0.29) is 34.8 Å². The van der Waals surface area contributed by atoms with Crippen LogP contribution in [0.5, 0.6) is 5.75 Å². The highest BCUT2D eigenvalue weighted by molar-refractivity contribution is 14.0. The Bertz CT molecular complexity index is 625. The van der Waals surface area contributed by atoms with Gasteiger partial charge in [0.05, 0.1) is 18.8 Å². The molecule has 1 saturated heterocycles. The van der Waals surface area contributed by atoms with Crippen molar-refractivity contribution in [2.24, 2.45) is 4.99 Å². The number of guanidine groups is 1. The minimum Gasteiger partial charge on any atom is -0.491 e. The van der Waals surface area contributed by atoms with E-state index in [4.69, 9.17) is 14.5 Å². The summed E-state index contributed by atoms with van der Waals surface area (Å²) in [7, 11) is 0. The Labute approximate surface area is 196 Å². The summed E-state index contributed by atoms with van der Waals surface area (Å²) >= 11 is 1.87. The van der Waals surface area contributed by atoms with Gasteiger partial charge in [-0.25, -0.2) is 0 Å². The number of rotatable bonds is 9. The predicted octanol–water partition coefficient (Wildman–Crippen LogP) is 3.59. The van der Waals surface area contributed by atoms with Crippen LogP contribution >= 0.6 is 35.7 Å². The predicted molar refractivity (Wildman–Crippen MR) is 133 cm³/mol. The third kappa shape index (κ3) is 8.90. The van der Waals surface area contributed by atoms with Gasteiger partial charge >= 0.3 is 0 Å². The molecule has 2 rings (SSSR count). The number of nitrogens with zero attached hydrogens (tertiary/aromatic N) is 1. The molecule has 29 heavy (non-hydrogen) atoms. The van der Waals surface area contributed by atoms with E-state index in [1.54, 1.807) is 0 Å². The molecule has 0 bridgehead atoms. The van der Waals surface area contributed by atoms with Crippen LogP contribution in [0.2, 0.25) is 0 Å². The van der Waals surface area contributed by atoms with Crippen LogP contribution in [-0.2, 0) is 4.74 Å². The third-order valence-corrected chi connectivity index (χ3v) is 6.19. The number of nitrogens with one attached hydrogen (secondary N) is 2. The lowest BCUT2D eigenvalue weighted by Gasteiger charge is -2.34. The Morgan fingerprint density at radius 2 is 2.03 bits per heavy atom. The van der Waals surface area contributed by atoms with E-state index in [2.05, 4.69) is 16.9 Å². The van der Waals surface area contributed by atoms with Crippen LogP contribution in [0.1, 0.15) is 45.3 Å². The first-order valence-corrected chi connectivity index (χ1v) is 11.3. The fraction of sp³-hybridized carbons (Fsp3) is 0.667. The maximum absolute atomic E-state index is 10.6. The fourth-order valence-electron chi connectivity index (χ4n) is 3.11. The van der Waals surface area contributed by atoms with Crippen LogP contribution in [0.4, 0.5) is 0 Å². The summed E-state index contributed by atoms with van der Waals surface area (Å²) in [6, 6.07) is 7.61. The zero-order chi connectivity index (χ0) is 20.4. The topological polar surface area (TPSA) is 75.1 Å². The van der Waals surface area contributed by atoms with Gasteiger partial charge < -0.3 is 25.2 Å². The van der Waals surface area contributed by atoms with Crippen LogP contribution in [0.15, 0.2) is 29.3 Å². The van der Waals surface area contributed by atoms with Gasteiger partial charge in [-0.1, -0.05) is 12.1 Å². The molecule has 1 heterocycles. The van der Waals surface area contributed by atoms with Gasteiger partial charge in [-0.15, -0.1) is 24.0 Å². The van der Waals surface area contributed by atoms with E-state index < -0.39 is 6.10 Å². The van der Waals surface area contributed by atoms with E-state index in [0.29, 0.717) is 6.54 Å². The molecule has 8 heteroatoms. The second-order valence-corrected chi connectivity index (χ2v) is 8.60. The Morgan fingerprint density at radius 3 is 2.66 bits per heavy atom. The molecule has 1 fully saturated rings. The Kier molecular flexibility index (Phi) is 12.3. The lowest BCUT2D eigenvalue weighted by Crippen LogP contribution is -2.42. The van der Waals surface area contributed by atoms with E-state index in [9.17, 15) is 5.11 Å². The van der Waals surface area contributed by atoms with Crippen LogP contribution < -0.4 is 15.4 Å². The highest BCUT2D eigenvalue weighted by Gasteiger charge is 2.31. The fourth-order valence-corrected chi connectivity index (χ4v) is 3.88. The number of aliphatic imine (C=N–C) groups is 1. The second-order valence-electron chi connectivity index (χ2n) is 7.33. The molecule has 0 saturated carbocycles. The molecule has 0 radical (unpaired) electrons. The lowest BCUT2D eigenvalue weighted by molar-refractivity contribution is 0.0794. The monoisotopic (exact) mass is 537 g/mol. The number of hydrogen-bond donors (Lipinski definition) is 3. The number of aliphatic hydroxyl groups is 1. The normalized spacial score (nSPS) is 17.4. The number of hydrogen-bond acceptors (Lipinski definition) is 5. The van der Waals surface area contributed by atoms with Crippen molar-refractivity contribution in [2.45, 2.75) is 50.6 Å². The third-order valence-electron chi connectivity index (χ3n) is 4.78. The van der Waals surface area contributed by atoms with Crippen molar-refractivity contribution in [1.29, 1.82) is 0 Å². The molecule has 166 valence electrons. The van der Waals surface area contributed by atoms with Gasteiger partial charge in [0, 0.05) is 31.1 Å². The second kappa shape index (κ2) is 13.6. The average molecular weight is 538 g/mol. The number of benzene rings is 1. The van der Waals surface area contributed by atoms with Crippen molar-refractivity contribution in [2.75, 3.05) is 39.1 Å². The van der Waals surface area contributed by atoms with Crippen molar-refractivity contribution >= 4 is 41.7 Å². The number of thioether (sulfide) groups is 1. The quantitative estimate of drug-likeness (QED) is 0.254. The molecule has 1 atom stereocenters. The molecule has 0 aliphatic carbocycles. The van der Waals surface area contributed by atoms with Gasteiger partial charge in [0.2, 0.25) is 0 Å². The number of halogens is 1. The molecule has 1 unspecified atom stereocenters. The Balaban J connectivity index is 0.00000420. The van der Waals surface area contributed by atoms with E-state index >= 15 is 0 Å².